The third-order valence-electron chi connectivity index (χ3n) is 4.71. The average Bonchev–Trinajstić information content (AvgIpc) is 2.79. The zero-order valence-electron chi connectivity index (χ0n) is 19.5. The molecule has 0 aliphatic rings. The van der Waals surface area contributed by atoms with E-state index < -0.39 is 0 Å². The van der Waals surface area contributed by atoms with Crippen LogP contribution in [0.3, 0.4) is 0 Å². The van der Waals surface area contributed by atoms with Gasteiger partial charge >= 0.3 is 0 Å². The number of aromatic nitrogens is 2. The molecule has 9 nitrogen and oxygen atoms in total. The molecule has 0 unspecified atom stereocenters. The van der Waals surface area contributed by atoms with Crippen molar-refractivity contribution >= 4 is 34.9 Å². The maximum absolute atomic E-state index is 9.47. The molecule has 1 aromatic heterocycles. The molecular weight excluding hydrogens is 452 g/mol. The van der Waals surface area contributed by atoms with Gasteiger partial charge in [0.2, 0.25) is 11.9 Å². The quantitative estimate of drug-likeness (QED) is 0.228. The van der Waals surface area contributed by atoms with Gasteiger partial charge in [-0.2, -0.15) is 0 Å². The van der Waals surface area contributed by atoms with Crippen molar-refractivity contribution in [1.82, 2.24) is 15.3 Å². The van der Waals surface area contributed by atoms with Gasteiger partial charge in [-0.1, -0.05) is 12.1 Å². The van der Waals surface area contributed by atoms with Crippen molar-refractivity contribution in [3.8, 4) is 17.2 Å². The number of aryl methyl sites for hydroxylation is 2. The Morgan fingerprint density at radius 3 is 2.32 bits per heavy atom. The lowest BCUT2D eigenvalue weighted by Crippen LogP contribution is -2.39. The highest BCUT2D eigenvalue weighted by Crippen LogP contribution is 2.28. The van der Waals surface area contributed by atoms with Crippen LogP contribution in [0.25, 0.3) is 0 Å². The van der Waals surface area contributed by atoms with Crippen molar-refractivity contribution in [2.24, 2.45) is 4.99 Å². The van der Waals surface area contributed by atoms with Crippen molar-refractivity contribution in [1.29, 1.82) is 0 Å². The molecular formula is C24H28N6O3S. The lowest BCUT2D eigenvalue weighted by atomic mass is 10.1. The minimum Gasteiger partial charge on any atom is -0.508 e. The predicted molar refractivity (Wildman–Crippen MR) is 138 cm³/mol. The Labute approximate surface area is 204 Å². The van der Waals surface area contributed by atoms with Gasteiger partial charge < -0.3 is 25.2 Å². The zero-order chi connectivity index (χ0) is 24.5. The van der Waals surface area contributed by atoms with E-state index in [1.54, 1.807) is 44.6 Å². The molecule has 178 valence electrons. The lowest BCUT2D eigenvalue weighted by Gasteiger charge is -2.16. The summed E-state index contributed by atoms with van der Waals surface area (Å²) in [5.74, 6) is 2.31. The van der Waals surface area contributed by atoms with Crippen LogP contribution in [0, 0.1) is 13.8 Å². The summed E-state index contributed by atoms with van der Waals surface area (Å²) in [7, 11) is 3.17. The van der Waals surface area contributed by atoms with Gasteiger partial charge in [0, 0.05) is 24.0 Å². The molecule has 34 heavy (non-hydrogen) atoms. The molecule has 0 bridgehead atoms. The highest BCUT2D eigenvalue weighted by molar-refractivity contribution is 7.80. The number of nitrogens with zero attached hydrogens (tertiary/aromatic N) is 3. The van der Waals surface area contributed by atoms with Gasteiger partial charge in [-0.3, -0.25) is 10.3 Å². The number of phenols is 1. The summed E-state index contributed by atoms with van der Waals surface area (Å²) < 4.78 is 10.7. The van der Waals surface area contributed by atoms with Crippen molar-refractivity contribution in [2.45, 2.75) is 20.3 Å². The number of anilines is 2. The minimum absolute atomic E-state index is 0.229. The van der Waals surface area contributed by atoms with E-state index >= 15 is 0 Å². The first kappa shape index (κ1) is 24.7. The normalized spacial score (nSPS) is 11.0. The van der Waals surface area contributed by atoms with Gasteiger partial charge in [-0.15, -0.1) is 0 Å². The van der Waals surface area contributed by atoms with Crippen LogP contribution in [-0.4, -0.2) is 46.9 Å². The van der Waals surface area contributed by atoms with Crippen molar-refractivity contribution in [3.63, 3.8) is 0 Å². The summed E-state index contributed by atoms with van der Waals surface area (Å²) in [5.41, 5.74) is 3.36. The number of aromatic hydroxyl groups is 1. The van der Waals surface area contributed by atoms with Gasteiger partial charge in [-0.05, 0) is 68.4 Å². The lowest BCUT2D eigenvalue weighted by molar-refractivity contribution is 0.405. The Kier molecular flexibility index (Phi) is 8.58. The van der Waals surface area contributed by atoms with Crippen LogP contribution < -0.4 is 25.4 Å². The number of benzene rings is 2. The van der Waals surface area contributed by atoms with Gasteiger partial charge in [0.15, 0.2) is 5.11 Å². The fourth-order valence-electron chi connectivity index (χ4n) is 3.13. The molecule has 0 atom stereocenters. The molecule has 0 saturated heterocycles. The molecule has 0 amide bonds. The fraction of sp³-hybridized carbons (Fsp3) is 0.250. The first-order valence-electron chi connectivity index (χ1n) is 10.6. The molecule has 0 saturated carbocycles. The number of nitrogens with one attached hydrogen (secondary N) is 3. The molecule has 1 heterocycles. The molecule has 3 rings (SSSR count). The van der Waals surface area contributed by atoms with Crippen molar-refractivity contribution < 1.29 is 14.6 Å². The van der Waals surface area contributed by atoms with Gasteiger partial charge in [0.05, 0.1) is 19.9 Å². The number of rotatable bonds is 7. The molecule has 0 spiro atoms. The van der Waals surface area contributed by atoms with E-state index in [1.165, 1.54) is 0 Å². The maximum Gasteiger partial charge on any atom is 0.229 e. The number of ether oxygens (including phenoxy) is 2. The van der Waals surface area contributed by atoms with Crippen LogP contribution in [0.4, 0.5) is 11.6 Å². The Morgan fingerprint density at radius 2 is 1.68 bits per heavy atom. The van der Waals surface area contributed by atoms with Gasteiger partial charge in [-0.25, -0.2) is 9.97 Å². The van der Waals surface area contributed by atoms with Crippen LogP contribution in [0.2, 0.25) is 0 Å². The van der Waals surface area contributed by atoms with E-state index in [2.05, 4.69) is 30.9 Å². The summed E-state index contributed by atoms with van der Waals surface area (Å²) in [6.45, 7) is 4.27. The number of hydrogen-bond acceptors (Lipinski definition) is 7. The molecule has 2 aromatic carbocycles. The summed E-state index contributed by atoms with van der Waals surface area (Å²) in [5, 5.41) is 19.1. The molecule has 0 fully saturated rings. The van der Waals surface area contributed by atoms with E-state index in [0.717, 1.165) is 17.0 Å². The van der Waals surface area contributed by atoms with E-state index in [9.17, 15) is 5.11 Å². The summed E-state index contributed by atoms with van der Waals surface area (Å²) >= 11 is 5.52. The van der Waals surface area contributed by atoms with E-state index in [4.69, 9.17) is 21.7 Å². The van der Waals surface area contributed by atoms with Gasteiger partial charge in [0.25, 0.3) is 0 Å². The molecule has 0 aliphatic heterocycles. The predicted octanol–water partition coefficient (Wildman–Crippen LogP) is 3.81. The molecule has 4 N–H and O–H groups in total. The highest BCUT2D eigenvalue weighted by atomic mass is 32.1. The maximum atomic E-state index is 9.47. The number of guanidine groups is 1. The number of hydrogen-bond donors (Lipinski definition) is 4. The van der Waals surface area contributed by atoms with E-state index in [0.29, 0.717) is 47.2 Å². The zero-order valence-corrected chi connectivity index (χ0v) is 20.4. The minimum atomic E-state index is 0.229. The summed E-state index contributed by atoms with van der Waals surface area (Å²) in [6, 6.07) is 14.3. The molecule has 10 heteroatoms. The monoisotopic (exact) mass is 480 g/mol. The Bertz CT molecular complexity index is 1150. The fourth-order valence-corrected chi connectivity index (χ4v) is 3.34. The smallest absolute Gasteiger partial charge is 0.229 e. The Morgan fingerprint density at radius 1 is 0.971 bits per heavy atom. The number of phenolic OH excluding ortho intramolecular Hbond substituents is 1. The second-order valence-corrected chi connectivity index (χ2v) is 7.80. The van der Waals surface area contributed by atoms with Crippen LogP contribution in [0.1, 0.15) is 17.0 Å². The van der Waals surface area contributed by atoms with Gasteiger partial charge in [0.1, 0.15) is 17.2 Å². The van der Waals surface area contributed by atoms with Crippen LogP contribution >= 0.6 is 12.2 Å². The highest BCUT2D eigenvalue weighted by Gasteiger charge is 2.10. The molecule has 0 radical (unpaired) electrons. The van der Waals surface area contributed by atoms with Crippen molar-refractivity contribution in [2.75, 3.05) is 31.4 Å². The summed E-state index contributed by atoms with van der Waals surface area (Å²) in [6.07, 6.45) is 0.671. The second kappa shape index (κ2) is 11.8. The molecule has 0 aliphatic carbocycles. The van der Waals surface area contributed by atoms with E-state index in [1.807, 2.05) is 32.0 Å². The number of aliphatic imine (C=N–C) groups is 1. The van der Waals surface area contributed by atoms with Crippen LogP contribution in [0.15, 0.2) is 53.5 Å². The topological polar surface area (TPSA) is 113 Å². The Balaban J connectivity index is 1.76. The standard InChI is InChI=1S/C24H28N6O3S/c1-15-13-16(2)27-23(26-15)29-22(25-12-11-17-5-7-18(31)8-6-17)30-24(34)28-20-14-19(32-3)9-10-21(20)33-4/h5-10,13-14,31H,11-12H2,1-4H3,(H3,25,26,27,28,29,30,34). The third-order valence-corrected chi connectivity index (χ3v) is 4.91. The number of thiocarbonyl (C=S) groups is 1. The van der Waals surface area contributed by atoms with Crippen LogP contribution in [0.5, 0.6) is 17.2 Å². The summed E-state index contributed by atoms with van der Waals surface area (Å²) in [4.78, 5) is 13.5. The first-order valence-corrected chi connectivity index (χ1v) is 11.0. The second-order valence-electron chi connectivity index (χ2n) is 7.39. The van der Waals surface area contributed by atoms with Crippen molar-refractivity contribution in [3.05, 3.63) is 65.5 Å². The molecule has 3 aromatic rings. The first-order chi connectivity index (χ1) is 16.4. The van der Waals surface area contributed by atoms with E-state index in [-0.39, 0.29) is 5.75 Å². The average molecular weight is 481 g/mol. The SMILES string of the molecule is COc1ccc(OC)c(NC(=S)NC(=NCCc2ccc(O)cc2)Nc2nc(C)cc(C)n2)c1. The number of methoxy groups -OCH3 is 2. The Hall–Kier alpha value is -3.92. The van der Waals surface area contributed by atoms with Crippen LogP contribution in [-0.2, 0) is 6.42 Å². The third kappa shape index (κ3) is 7.31. The largest absolute Gasteiger partial charge is 0.508 e.